The number of pyridine rings is 1. The lowest BCUT2D eigenvalue weighted by Crippen LogP contribution is -2.42. The normalized spacial score (nSPS) is 11.9. The van der Waals surface area contributed by atoms with Gasteiger partial charge in [0.25, 0.3) is 5.91 Å². The highest BCUT2D eigenvalue weighted by Gasteiger charge is 2.25. The third-order valence-electron chi connectivity index (χ3n) is 2.43. The topological polar surface area (TPSA) is 70.5 Å². The van der Waals surface area contributed by atoms with E-state index in [2.05, 4.69) is 4.98 Å². The van der Waals surface area contributed by atoms with Crippen LogP contribution in [0, 0.1) is 5.95 Å². The van der Waals surface area contributed by atoms with Crippen molar-refractivity contribution in [2.24, 2.45) is 0 Å². The molecule has 17 heavy (non-hydrogen) atoms. The molecule has 0 bridgehead atoms. The van der Waals surface area contributed by atoms with Gasteiger partial charge in [0.2, 0.25) is 5.95 Å². The van der Waals surface area contributed by atoms with Gasteiger partial charge in [-0.05, 0) is 18.6 Å². The van der Waals surface area contributed by atoms with Gasteiger partial charge in [-0.3, -0.25) is 4.79 Å². The number of aromatic nitrogens is 1. The minimum atomic E-state index is -1.07. The number of hydrogen-bond donors (Lipinski definition) is 1. The zero-order valence-corrected chi connectivity index (χ0v) is 9.55. The summed E-state index contributed by atoms with van der Waals surface area (Å²) in [4.78, 5) is 27.2. The molecule has 1 rings (SSSR count). The standard InChI is InChI=1S/C11H13FN2O3/c1-3-8(11(16)17)14(2)10(15)7-4-5-9(12)13-6-7/h4-6,8H,3H2,1-2H3,(H,16,17). The Balaban J connectivity index is 2.89. The first-order valence-corrected chi connectivity index (χ1v) is 5.09. The molecule has 1 unspecified atom stereocenters. The molecule has 0 aliphatic carbocycles. The van der Waals surface area contributed by atoms with Crippen LogP contribution in [0.4, 0.5) is 4.39 Å². The van der Waals surface area contributed by atoms with E-state index in [1.165, 1.54) is 13.1 Å². The predicted molar refractivity (Wildman–Crippen MR) is 58.0 cm³/mol. The summed E-state index contributed by atoms with van der Waals surface area (Å²) >= 11 is 0. The minimum absolute atomic E-state index is 0.161. The van der Waals surface area contributed by atoms with Crippen LogP contribution in [-0.4, -0.2) is 40.0 Å². The van der Waals surface area contributed by atoms with E-state index in [0.29, 0.717) is 6.42 Å². The van der Waals surface area contributed by atoms with Gasteiger partial charge >= 0.3 is 5.97 Å². The fourth-order valence-electron chi connectivity index (χ4n) is 1.46. The van der Waals surface area contributed by atoms with E-state index in [9.17, 15) is 14.0 Å². The fraction of sp³-hybridized carbons (Fsp3) is 0.364. The molecular formula is C11H13FN2O3. The number of carboxylic acid groups (broad SMARTS) is 1. The zero-order chi connectivity index (χ0) is 13.0. The molecule has 6 heteroatoms. The smallest absolute Gasteiger partial charge is 0.326 e. The maximum atomic E-state index is 12.6. The number of carboxylic acids is 1. The molecular weight excluding hydrogens is 227 g/mol. The zero-order valence-electron chi connectivity index (χ0n) is 9.55. The largest absolute Gasteiger partial charge is 0.480 e. The van der Waals surface area contributed by atoms with Gasteiger partial charge in [0.1, 0.15) is 6.04 Å². The number of rotatable bonds is 4. The molecule has 1 aromatic rings. The van der Waals surface area contributed by atoms with Crippen molar-refractivity contribution in [1.82, 2.24) is 9.88 Å². The average molecular weight is 240 g/mol. The molecule has 1 atom stereocenters. The van der Waals surface area contributed by atoms with Crippen LogP contribution in [-0.2, 0) is 4.79 Å². The second-order valence-electron chi connectivity index (χ2n) is 3.55. The molecule has 0 saturated heterocycles. The second kappa shape index (κ2) is 5.38. The molecule has 0 aromatic carbocycles. The van der Waals surface area contributed by atoms with Crippen LogP contribution in [0.2, 0.25) is 0 Å². The number of nitrogens with zero attached hydrogens (tertiary/aromatic N) is 2. The maximum Gasteiger partial charge on any atom is 0.326 e. The molecule has 0 spiro atoms. The van der Waals surface area contributed by atoms with Gasteiger partial charge in [-0.2, -0.15) is 4.39 Å². The van der Waals surface area contributed by atoms with Gasteiger partial charge in [-0.25, -0.2) is 9.78 Å². The van der Waals surface area contributed by atoms with Crippen molar-refractivity contribution in [3.63, 3.8) is 0 Å². The number of amides is 1. The highest BCUT2D eigenvalue weighted by molar-refractivity contribution is 5.96. The monoisotopic (exact) mass is 240 g/mol. The number of carbonyl (C=O) groups is 2. The summed E-state index contributed by atoms with van der Waals surface area (Å²) in [7, 11) is 1.40. The maximum absolute atomic E-state index is 12.6. The van der Waals surface area contributed by atoms with E-state index in [0.717, 1.165) is 17.2 Å². The highest BCUT2D eigenvalue weighted by Crippen LogP contribution is 2.09. The molecule has 0 fully saturated rings. The van der Waals surface area contributed by atoms with Crippen LogP contribution in [0.25, 0.3) is 0 Å². The molecule has 0 aliphatic rings. The second-order valence-corrected chi connectivity index (χ2v) is 3.55. The Hall–Kier alpha value is -1.98. The van der Waals surface area contributed by atoms with Gasteiger partial charge < -0.3 is 10.0 Å². The molecule has 1 N–H and O–H groups in total. The summed E-state index contributed by atoms with van der Waals surface area (Å²) < 4.78 is 12.6. The fourth-order valence-corrected chi connectivity index (χ4v) is 1.46. The Morgan fingerprint density at radius 2 is 2.18 bits per heavy atom. The van der Waals surface area contributed by atoms with Crippen molar-refractivity contribution in [1.29, 1.82) is 0 Å². The minimum Gasteiger partial charge on any atom is -0.480 e. The first-order chi connectivity index (χ1) is 7.97. The summed E-state index contributed by atoms with van der Waals surface area (Å²) in [5, 5.41) is 8.91. The third-order valence-corrected chi connectivity index (χ3v) is 2.43. The van der Waals surface area contributed by atoms with Crippen LogP contribution < -0.4 is 0 Å². The van der Waals surface area contributed by atoms with Crippen molar-refractivity contribution in [2.75, 3.05) is 7.05 Å². The Morgan fingerprint density at radius 3 is 2.59 bits per heavy atom. The molecule has 0 saturated carbocycles. The lowest BCUT2D eigenvalue weighted by molar-refractivity contribution is -0.142. The van der Waals surface area contributed by atoms with E-state index in [-0.39, 0.29) is 5.56 Å². The van der Waals surface area contributed by atoms with Gasteiger partial charge in [0.15, 0.2) is 0 Å². The molecule has 0 aliphatic heterocycles. The lowest BCUT2D eigenvalue weighted by Gasteiger charge is -2.23. The number of likely N-dealkylation sites (N-methyl/N-ethyl adjacent to an activating group) is 1. The number of aliphatic carboxylic acids is 1. The Morgan fingerprint density at radius 1 is 1.53 bits per heavy atom. The van der Waals surface area contributed by atoms with Crippen LogP contribution >= 0.6 is 0 Å². The van der Waals surface area contributed by atoms with E-state index in [1.807, 2.05) is 0 Å². The van der Waals surface area contributed by atoms with Gasteiger partial charge in [-0.15, -0.1) is 0 Å². The van der Waals surface area contributed by atoms with Gasteiger partial charge in [0.05, 0.1) is 5.56 Å². The van der Waals surface area contributed by atoms with Crippen molar-refractivity contribution in [3.8, 4) is 0 Å². The number of hydrogen-bond acceptors (Lipinski definition) is 3. The van der Waals surface area contributed by atoms with Crippen molar-refractivity contribution < 1.29 is 19.1 Å². The Bertz CT molecular complexity index is 419. The number of halogens is 1. The summed E-state index contributed by atoms with van der Waals surface area (Å²) in [6.07, 6.45) is 1.38. The summed E-state index contributed by atoms with van der Waals surface area (Å²) in [6, 6.07) is 1.44. The molecule has 1 aromatic heterocycles. The quantitative estimate of drug-likeness (QED) is 0.801. The predicted octanol–water partition coefficient (Wildman–Crippen LogP) is 1.16. The SMILES string of the molecule is CCC(C(=O)O)N(C)C(=O)c1ccc(F)nc1. The average Bonchev–Trinajstić information content (AvgIpc) is 2.29. The Kier molecular flexibility index (Phi) is 4.14. The molecule has 0 radical (unpaired) electrons. The van der Waals surface area contributed by atoms with Crippen LogP contribution in [0.3, 0.4) is 0 Å². The van der Waals surface area contributed by atoms with Gasteiger partial charge in [0, 0.05) is 13.2 Å². The van der Waals surface area contributed by atoms with Crippen molar-refractivity contribution in [3.05, 3.63) is 29.8 Å². The lowest BCUT2D eigenvalue weighted by atomic mass is 10.1. The highest BCUT2D eigenvalue weighted by atomic mass is 19.1. The van der Waals surface area contributed by atoms with Crippen molar-refractivity contribution >= 4 is 11.9 Å². The first kappa shape index (κ1) is 13.1. The van der Waals surface area contributed by atoms with Crippen molar-refractivity contribution in [2.45, 2.75) is 19.4 Å². The molecule has 1 amide bonds. The number of carbonyl (C=O) groups excluding carboxylic acids is 1. The van der Waals surface area contributed by atoms with E-state index < -0.39 is 23.9 Å². The van der Waals surface area contributed by atoms with Crippen LogP contribution in [0.15, 0.2) is 18.3 Å². The van der Waals surface area contributed by atoms with E-state index in [4.69, 9.17) is 5.11 Å². The third kappa shape index (κ3) is 2.99. The van der Waals surface area contributed by atoms with E-state index in [1.54, 1.807) is 6.92 Å². The summed E-state index contributed by atoms with van der Waals surface area (Å²) in [5.74, 6) is -2.25. The van der Waals surface area contributed by atoms with E-state index >= 15 is 0 Å². The molecule has 5 nitrogen and oxygen atoms in total. The Labute approximate surface area is 97.9 Å². The first-order valence-electron chi connectivity index (χ1n) is 5.09. The van der Waals surface area contributed by atoms with Crippen LogP contribution in [0.1, 0.15) is 23.7 Å². The molecule has 1 heterocycles. The summed E-state index contributed by atoms with van der Waals surface area (Å²) in [6.45, 7) is 1.67. The molecule has 92 valence electrons. The van der Waals surface area contributed by atoms with Gasteiger partial charge in [-0.1, -0.05) is 6.92 Å². The summed E-state index contributed by atoms with van der Waals surface area (Å²) in [5.41, 5.74) is 0.161. The van der Waals surface area contributed by atoms with Crippen LogP contribution in [0.5, 0.6) is 0 Å².